The Morgan fingerprint density at radius 2 is 2.16 bits per heavy atom. The van der Waals surface area contributed by atoms with E-state index in [-0.39, 0.29) is 11.8 Å². The summed E-state index contributed by atoms with van der Waals surface area (Å²) in [4.78, 5) is 25.8. The van der Waals surface area contributed by atoms with Crippen LogP contribution in [0, 0.1) is 0 Å². The third-order valence-electron chi connectivity index (χ3n) is 3.62. The van der Waals surface area contributed by atoms with Crippen LogP contribution >= 0.6 is 0 Å². The van der Waals surface area contributed by atoms with Crippen molar-refractivity contribution in [2.45, 2.75) is 33.2 Å². The number of carbonyl (C=O) groups is 2. The molecule has 1 N–H and O–H groups in total. The minimum absolute atomic E-state index is 0.0264. The number of hydrogen-bond donors (Lipinski definition) is 1. The third-order valence-corrected chi connectivity index (χ3v) is 3.62. The summed E-state index contributed by atoms with van der Waals surface area (Å²) in [6.45, 7) is 6.43. The van der Waals surface area contributed by atoms with Crippen LogP contribution in [0.4, 0.5) is 0 Å². The summed E-state index contributed by atoms with van der Waals surface area (Å²) < 4.78 is 1.92. The second-order valence-corrected chi connectivity index (χ2v) is 4.73. The molecule has 0 fully saturated rings. The Hall–Kier alpha value is -1.78. The first-order valence-electron chi connectivity index (χ1n) is 6.91. The van der Waals surface area contributed by atoms with Crippen LogP contribution in [0.3, 0.4) is 0 Å². The fraction of sp³-hybridized carbons (Fsp3) is 0.571. The van der Waals surface area contributed by atoms with Gasteiger partial charge >= 0.3 is 0 Å². The molecule has 0 saturated carbocycles. The fourth-order valence-corrected chi connectivity index (χ4v) is 2.51. The number of nitrogens with zero attached hydrogens (tertiary/aromatic N) is 2. The zero-order chi connectivity index (χ0) is 13.8. The van der Waals surface area contributed by atoms with Crippen molar-refractivity contribution in [3.63, 3.8) is 0 Å². The van der Waals surface area contributed by atoms with Crippen molar-refractivity contribution in [1.82, 2.24) is 14.8 Å². The fourth-order valence-electron chi connectivity index (χ4n) is 2.51. The van der Waals surface area contributed by atoms with Crippen molar-refractivity contribution in [1.29, 1.82) is 0 Å². The molecule has 2 heterocycles. The van der Waals surface area contributed by atoms with Crippen LogP contribution in [-0.4, -0.2) is 40.9 Å². The van der Waals surface area contributed by atoms with E-state index in [0.717, 1.165) is 31.6 Å². The molecular formula is C14H21N3O2. The number of amides is 2. The lowest BCUT2D eigenvalue weighted by molar-refractivity contribution is -0.131. The highest BCUT2D eigenvalue weighted by atomic mass is 16.2. The van der Waals surface area contributed by atoms with Gasteiger partial charge in [-0.25, -0.2) is 0 Å². The molecule has 2 rings (SSSR count). The van der Waals surface area contributed by atoms with E-state index in [4.69, 9.17) is 0 Å². The molecule has 0 unspecified atom stereocenters. The zero-order valence-corrected chi connectivity index (χ0v) is 11.6. The van der Waals surface area contributed by atoms with E-state index < -0.39 is 0 Å². The highest BCUT2D eigenvalue weighted by Gasteiger charge is 2.20. The van der Waals surface area contributed by atoms with E-state index in [2.05, 4.69) is 5.32 Å². The van der Waals surface area contributed by atoms with Crippen LogP contribution in [0.2, 0.25) is 0 Å². The summed E-state index contributed by atoms with van der Waals surface area (Å²) in [6.07, 6.45) is 3.60. The van der Waals surface area contributed by atoms with E-state index in [1.807, 2.05) is 35.6 Å². The van der Waals surface area contributed by atoms with Gasteiger partial charge in [0.25, 0.3) is 5.91 Å². The lowest BCUT2D eigenvalue weighted by Gasteiger charge is -2.19. The van der Waals surface area contributed by atoms with Crippen LogP contribution in [0.25, 0.3) is 0 Å². The molecule has 1 aliphatic heterocycles. The summed E-state index contributed by atoms with van der Waals surface area (Å²) >= 11 is 0. The molecule has 19 heavy (non-hydrogen) atoms. The largest absolute Gasteiger partial charge is 0.352 e. The van der Waals surface area contributed by atoms with Gasteiger partial charge in [-0.3, -0.25) is 9.59 Å². The molecular weight excluding hydrogens is 242 g/mol. The quantitative estimate of drug-likeness (QED) is 0.882. The lowest BCUT2D eigenvalue weighted by atomic mass is 10.2. The molecule has 1 aromatic rings. The minimum atomic E-state index is -0.0264. The topological polar surface area (TPSA) is 54.3 Å². The Morgan fingerprint density at radius 1 is 1.42 bits per heavy atom. The molecule has 2 amide bonds. The summed E-state index contributed by atoms with van der Waals surface area (Å²) in [5.74, 6) is 0.0783. The van der Waals surface area contributed by atoms with Crippen LogP contribution in [0.15, 0.2) is 12.3 Å². The van der Waals surface area contributed by atoms with Crippen LogP contribution in [-0.2, 0) is 17.8 Å². The van der Waals surface area contributed by atoms with Gasteiger partial charge in [-0.2, -0.15) is 0 Å². The maximum Gasteiger partial charge on any atom is 0.253 e. The van der Waals surface area contributed by atoms with Crippen molar-refractivity contribution in [2.24, 2.45) is 0 Å². The predicted molar refractivity (Wildman–Crippen MR) is 73.0 cm³/mol. The van der Waals surface area contributed by atoms with Gasteiger partial charge in [0.15, 0.2) is 0 Å². The molecule has 0 radical (unpaired) electrons. The van der Waals surface area contributed by atoms with Gasteiger partial charge < -0.3 is 14.8 Å². The second-order valence-electron chi connectivity index (χ2n) is 4.73. The van der Waals surface area contributed by atoms with Gasteiger partial charge in [0.1, 0.15) is 6.54 Å². The normalized spacial score (nSPS) is 14.5. The monoisotopic (exact) mass is 263 g/mol. The predicted octanol–water partition coefficient (Wildman–Crippen LogP) is 1.03. The average molecular weight is 263 g/mol. The maximum absolute atomic E-state index is 12.1. The second kappa shape index (κ2) is 5.91. The smallest absolute Gasteiger partial charge is 0.253 e. The molecule has 104 valence electrons. The van der Waals surface area contributed by atoms with Crippen LogP contribution in [0.5, 0.6) is 0 Å². The molecule has 0 saturated heterocycles. The lowest BCUT2D eigenvalue weighted by Crippen LogP contribution is -2.33. The van der Waals surface area contributed by atoms with Gasteiger partial charge in [0.05, 0.1) is 5.56 Å². The summed E-state index contributed by atoms with van der Waals surface area (Å²) in [5.41, 5.74) is 1.69. The van der Waals surface area contributed by atoms with Crippen molar-refractivity contribution >= 4 is 11.8 Å². The van der Waals surface area contributed by atoms with Gasteiger partial charge in [0, 0.05) is 31.5 Å². The number of likely N-dealkylation sites (N-methyl/N-ethyl adjacent to an activating group) is 1. The SMILES string of the molecule is CCN(CC)C(=O)Cn1ccc2c1CCCNC2=O. The van der Waals surface area contributed by atoms with Crippen LogP contribution in [0.1, 0.15) is 36.3 Å². The van der Waals surface area contributed by atoms with Crippen molar-refractivity contribution in [3.05, 3.63) is 23.5 Å². The summed E-state index contributed by atoms with van der Waals surface area (Å²) in [5, 5.41) is 2.86. The standard InChI is InChI=1S/C14H21N3O2/c1-3-16(4-2)13(18)10-17-9-7-11-12(17)6-5-8-15-14(11)19/h7,9H,3-6,8,10H2,1-2H3,(H,15,19). The van der Waals surface area contributed by atoms with Crippen molar-refractivity contribution in [3.8, 4) is 0 Å². The van der Waals surface area contributed by atoms with Gasteiger partial charge in [0.2, 0.25) is 5.91 Å². The van der Waals surface area contributed by atoms with Gasteiger partial charge in [-0.1, -0.05) is 0 Å². The number of rotatable bonds is 4. The number of carbonyl (C=O) groups excluding carboxylic acids is 2. The molecule has 0 aliphatic carbocycles. The van der Waals surface area contributed by atoms with E-state index in [0.29, 0.717) is 18.7 Å². The summed E-state index contributed by atoms with van der Waals surface area (Å²) in [6, 6.07) is 1.81. The maximum atomic E-state index is 12.1. The van der Waals surface area contributed by atoms with Crippen molar-refractivity contribution < 1.29 is 9.59 Å². The number of nitrogens with one attached hydrogen (secondary N) is 1. The van der Waals surface area contributed by atoms with E-state index in [1.165, 1.54) is 0 Å². The first-order chi connectivity index (χ1) is 9.17. The first kappa shape index (κ1) is 13.6. The number of fused-ring (bicyclic) bond motifs is 1. The van der Waals surface area contributed by atoms with Gasteiger partial charge in [-0.05, 0) is 32.8 Å². The van der Waals surface area contributed by atoms with Crippen molar-refractivity contribution in [2.75, 3.05) is 19.6 Å². The molecule has 0 bridgehead atoms. The minimum Gasteiger partial charge on any atom is -0.352 e. The van der Waals surface area contributed by atoms with E-state index >= 15 is 0 Å². The van der Waals surface area contributed by atoms with Gasteiger partial charge in [-0.15, -0.1) is 0 Å². The molecule has 5 nitrogen and oxygen atoms in total. The molecule has 1 aromatic heterocycles. The van der Waals surface area contributed by atoms with E-state index in [1.54, 1.807) is 0 Å². The Morgan fingerprint density at radius 3 is 2.84 bits per heavy atom. The first-order valence-corrected chi connectivity index (χ1v) is 6.91. The average Bonchev–Trinajstić information content (AvgIpc) is 2.69. The van der Waals surface area contributed by atoms with E-state index in [9.17, 15) is 9.59 Å². The molecule has 1 aliphatic rings. The highest BCUT2D eigenvalue weighted by molar-refractivity contribution is 5.96. The molecule has 0 atom stereocenters. The Labute approximate surface area is 113 Å². The highest BCUT2D eigenvalue weighted by Crippen LogP contribution is 2.16. The zero-order valence-electron chi connectivity index (χ0n) is 11.6. The molecule has 5 heteroatoms. The Kier molecular flexibility index (Phi) is 4.24. The third kappa shape index (κ3) is 2.80. The number of hydrogen-bond acceptors (Lipinski definition) is 2. The Bertz CT molecular complexity index is 475. The summed E-state index contributed by atoms with van der Waals surface area (Å²) in [7, 11) is 0. The Balaban J connectivity index is 2.18. The molecule has 0 aromatic carbocycles. The number of aromatic nitrogens is 1. The van der Waals surface area contributed by atoms with Crippen LogP contribution < -0.4 is 5.32 Å². The molecule has 0 spiro atoms.